The number of aliphatic hydroxyl groups excluding tert-OH is 1. The third kappa shape index (κ3) is 3.95. The summed E-state index contributed by atoms with van der Waals surface area (Å²) >= 11 is 0. The first-order valence-electron chi connectivity index (χ1n) is 7.52. The molecule has 0 aliphatic carbocycles. The zero-order chi connectivity index (χ0) is 13.5. The van der Waals surface area contributed by atoms with Crippen molar-refractivity contribution >= 4 is 5.69 Å². The van der Waals surface area contributed by atoms with Crippen LogP contribution < -0.4 is 10.2 Å². The second-order valence-corrected chi connectivity index (χ2v) is 5.32. The molecule has 1 aliphatic rings. The van der Waals surface area contributed by atoms with Gasteiger partial charge in [-0.1, -0.05) is 25.1 Å². The van der Waals surface area contributed by atoms with Crippen molar-refractivity contribution in [2.45, 2.75) is 45.2 Å². The molecule has 0 radical (unpaired) electrons. The molecule has 1 atom stereocenters. The number of anilines is 1. The average Bonchev–Trinajstić information content (AvgIpc) is 2.98. The van der Waals surface area contributed by atoms with Crippen LogP contribution >= 0.6 is 0 Å². The van der Waals surface area contributed by atoms with Crippen LogP contribution in [-0.2, 0) is 6.54 Å². The molecule has 0 bridgehead atoms. The van der Waals surface area contributed by atoms with Gasteiger partial charge in [-0.05, 0) is 37.3 Å². The topological polar surface area (TPSA) is 35.5 Å². The van der Waals surface area contributed by atoms with Gasteiger partial charge in [0.1, 0.15) is 0 Å². The van der Waals surface area contributed by atoms with Crippen LogP contribution in [-0.4, -0.2) is 30.8 Å². The van der Waals surface area contributed by atoms with Gasteiger partial charge in [-0.25, -0.2) is 0 Å². The number of benzene rings is 1. The van der Waals surface area contributed by atoms with Crippen molar-refractivity contribution in [3.8, 4) is 0 Å². The van der Waals surface area contributed by atoms with Crippen LogP contribution in [0.25, 0.3) is 0 Å². The van der Waals surface area contributed by atoms with Crippen molar-refractivity contribution in [2.24, 2.45) is 0 Å². The van der Waals surface area contributed by atoms with Gasteiger partial charge in [0.05, 0.1) is 0 Å². The van der Waals surface area contributed by atoms with E-state index in [1.54, 1.807) is 0 Å². The van der Waals surface area contributed by atoms with Gasteiger partial charge in [0.25, 0.3) is 0 Å². The van der Waals surface area contributed by atoms with Crippen molar-refractivity contribution in [1.82, 2.24) is 5.32 Å². The quantitative estimate of drug-likeness (QED) is 0.792. The Morgan fingerprint density at radius 2 is 2.00 bits per heavy atom. The number of nitrogens with zero attached hydrogens (tertiary/aromatic N) is 1. The van der Waals surface area contributed by atoms with Crippen LogP contribution in [0, 0.1) is 0 Å². The first-order valence-corrected chi connectivity index (χ1v) is 7.52. The number of nitrogens with one attached hydrogen (secondary N) is 1. The first kappa shape index (κ1) is 14.4. The van der Waals surface area contributed by atoms with Crippen LogP contribution in [0.5, 0.6) is 0 Å². The fourth-order valence-electron chi connectivity index (χ4n) is 2.79. The lowest BCUT2D eigenvalue weighted by atomic mass is 10.1. The lowest BCUT2D eigenvalue weighted by Crippen LogP contribution is -2.30. The molecule has 0 amide bonds. The van der Waals surface area contributed by atoms with Gasteiger partial charge in [0.2, 0.25) is 0 Å². The lowest BCUT2D eigenvalue weighted by molar-refractivity contribution is 0.262. The molecule has 0 aromatic heterocycles. The van der Waals surface area contributed by atoms with Crippen molar-refractivity contribution < 1.29 is 5.11 Å². The van der Waals surface area contributed by atoms with E-state index in [1.165, 1.54) is 37.2 Å². The van der Waals surface area contributed by atoms with Crippen molar-refractivity contribution in [3.63, 3.8) is 0 Å². The smallest absolute Gasteiger partial charge is 0.0445 e. The Morgan fingerprint density at radius 3 is 2.68 bits per heavy atom. The molecular formula is C16H26N2O. The van der Waals surface area contributed by atoms with Crippen LogP contribution in [0.4, 0.5) is 5.69 Å². The van der Waals surface area contributed by atoms with Gasteiger partial charge in [0.15, 0.2) is 0 Å². The second kappa shape index (κ2) is 7.51. The molecule has 19 heavy (non-hydrogen) atoms. The lowest BCUT2D eigenvalue weighted by Gasteiger charge is -2.23. The Kier molecular flexibility index (Phi) is 5.67. The SMILES string of the molecule is CCC(CCO)NCc1ccccc1N1CCCC1. The summed E-state index contributed by atoms with van der Waals surface area (Å²) in [6.07, 6.45) is 4.52. The van der Waals surface area contributed by atoms with E-state index in [4.69, 9.17) is 5.11 Å². The highest BCUT2D eigenvalue weighted by Gasteiger charge is 2.15. The Hall–Kier alpha value is -1.06. The molecule has 1 unspecified atom stereocenters. The van der Waals surface area contributed by atoms with E-state index in [0.717, 1.165) is 19.4 Å². The predicted octanol–water partition coefficient (Wildman–Crippen LogP) is 2.54. The van der Waals surface area contributed by atoms with E-state index in [2.05, 4.69) is 41.4 Å². The molecule has 0 saturated carbocycles. The van der Waals surface area contributed by atoms with Crippen LogP contribution in [0.15, 0.2) is 24.3 Å². The second-order valence-electron chi connectivity index (χ2n) is 5.32. The summed E-state index contributed by atoms with van der Waals surface area (Å²) in [6.45, 7) is 5.69. The summed E-state index contributed by atoms with van der Waals surface area (Å²) in [5.41, 5.74) is 2.76. The maximum atomic E-state index is 9.04. The predicted molar refractivity (Wildman–Crippen MR) is 80.5 cm³/mol. The Balaban J connectivity index is 1.99. The standard InChI is InChI=1S/C16H26N2O/c1-2-15(9-12-19)17-13-14-7-3-4-8-16(14)18-10-5-6-11-18/h3-4,7-8,15,17,19H,2,5-6,9-13H2,1H3. The van der Waals surface area contributed by atoms with Crippen LogP contribution in [0.1, 0.15) is 38.2 Å². The zero-order valence-corrected chi connectivity index (χ0v) is 11.9. The van der Waals surface area contributed by atoms with E-state index < -0.39 is 0 Å². The molecular weight excluding hydrogens is 236 g/mol. The molecule has 1 heterocycles. The number of rotatable bonds is 7. The molecule has 106 valence electrons. The Morgan fingerprint density at radius 1 is 1.26 bits per heavy atom. The molecule has 1 aromatic rings. The monoisotopic (exact) mass is 262 g/mol. The van der Waals surface area contributed by atoms with Crippen LogP contribution in [0.3, 0.4) is 0 Å². The van der Waals surface area contributed by atoms with E-state index in [9.17, 15) is 0 Å². The third-order valence-electron chi connectivity index (χ3n) is 3.99. The van der Waals surface area contributed by atoms with Crippen molar-refractivity contribution in [3.05, 3.63) is 29.8 Å². The van der Waals surface area contributed by atoms with Gasteiger partial charge in [-0.15, -0.1) is 0 Å². The van der Waals surface area contributed by atoms with Gasteiger partial charge in [0, 0.05) is 38.0 Å². The summed E-state index contributed by atoms with van der Waals surface area (Å²) in [4.78, 5) is 2.49. The minimum atomic E-state index is 0.263. The molecule has 2 rings (SSSR count). The zero-order valence-electron chi connectivity index (χ0n) is 11.9. The molecule has 0 spiro atoms. The molecule has 1 fully saturated rings. The Bertz CT molecular complexity index is 375. The highest BCUT2D eigenvalue weighted by atomic mass is 16.3. The number of hydrogen-bond acceptors (Lipinski definition) is 3. The maximum Gasteiger partial charge on any atom is 0.0445 e. The summed E-state index contributed by atoms with van der Waals surface area (Å²) in [7, 11) is 0. The third-order valence-corrected chi connectivity index (χ3v) is 3.99. The van der Waals surface area contributed by atoms with E-state index in [-0.39, 0.29) is 6.61 Å². The van der Waals surface area contributed by atoms with Gasteiger partial charge >= 0.3 is 0 Å². The molecule has 1 aromatic carbocycles. The maximum absolute atomic E-state index is 9.04. The molecule has 1 aliphatic heterocycles. The minimum absolute atomic E-state index is 0.263. The molecule has 2 N–H and O–H groups in total. The minimum Gasteiger partial charge on any atom is -0.396 e. The number of hydrogen-bond donors (Lipinski definition) is 2. The number of para-hydroxylation sites is 1. The van der Waals surface area contributed by atoms with Gasteiger partial charge in [-0.2, -0.15) is 0 Å². The largest absolute Gasteiger partial charge is 0.396 e. The first-order chi connectivity index (χ1) is 9.35. The summed E-state index contributed by atoms with van der Waals surface area (Å²) < 4.78 is 0. The van der Waals surface area contributed by atoms with Crippen molar-refractivity contribution in [1.29, 1.82) is 0 Å². The van der Waals surface area contributed by atoms with Gasteiger partial charge in [-0.3, -0.25) is 0 Å². The van der Waals surface area contributed by atoms with Crippen molar-refractivity contribution in [2.75, 3.05) is 24.6 Å². The normalized spacial score (nSPS) is 16.8. The van der Waals surface area contributed by atoms with Gasteiger partial charge < -0.3 is 15.3 Å². The van der Waals surface area contributed by atoms with E-state index in [0.29, 0.717) is 6.04 Å². The van der Waals surface area contributed by atoms with E-state index in [1.807, 2.05) is 0 Å². The summed E-state index contributed by atoms with van der Waals surface area (Å²) in [5, 5.41) is 12.6. The summed E-state index contributed by atoms with van der Waals surface area (Å²) in [5.74, 6) is 0. The fraction of sp³-hybridized carbons (Fsp3) is 0.625. The fourth-order valence-corrected chi connectivity index (χ4v) is 2.79. The highest BCUT2D eigenvalue weighted by Crippen LogP contribution is 2.24. The van der Waals surface area contributed by atoms with E-state index >= 15 is 0 Å². The van der Waals surface area contributed by atoms with Crippen LogP contribution in [0.2, 0.25) is 0 Å². The Labute approximate surface area is 116 Å². The molecule has 3 nitrogen and oxygen atoms in total. The molecule has 1 saturated heterocycles. The highest BCUT2D eigenvalue weighted by molar-refractivity contribution is 5.54. The molecule has 3 heteroatoms. The number of aliphatic hydroxyl groups is 1. The summed E-state index contributed by atoms with van der Waals surface area (Å²) in [6, 6.07) is 9.10. The average molecular weight is 262 g/mol.